The number of rotatable bonds is 8. The van der Waals surface area contributed by atoms with Gasteiger partial charge in [-0.1, -0.05) is 19.9 Å². The van der Waals surface area contributed by atoms with E-state index in [-0.39, 0.29) is 0 Å². The van der Waals surface area contributed by atoms with E-state index in [1.54, 1.807) is 7.11 Å². The van der Waals surface area contributed by atoms with Crippen molar-refractivity contribution in [1.82, 2.24) is 5.32 Å². The number of ether oxygens (including phenoxy) is 1. The van der Waals surface area contributed by atoms with Gasteiger partial charge in [-0.15, -0.1) is 11.3 Å². The fourth-order valence-corrected chi connectivity index (χ4v) is 2.82. The molecule has 0 bridgehead atoms. The molecule has 1 N–H and O–H groups in total. The molecule has 0 aliphatic heterocycles. The van der Waals surface area contributed by atoms with Gasteiger partial charge in [-0.25, -0.2) is 0 Å². The minimum absolute atomic E-state index is 0.578. The Labute approximate surface area is 103 Å². The van der Waals surface area contributed by atoms with Crippen LogP contribution in [0.3, 0.4) is 0 Å². The van der Waals surface area contributed by atoms with Gasteiger partial charge in [0.25, 0.3) is 0 Å². The second-order valence-corrected chi connectivity index (χ2v) is 5.37. The van der Waals surface area contributed by atoms with Crippen LogP contribution in [0, 0.1) is 5.92 Å². The number of hydrogen-bond donors (Lipinski definition) is 1. The minimum atomic E-state index is 0.578. The molecule has 0 aliphatic carbocycles. The molecule has 0 aromatic carbocycles. The third-order valence-electron chi connectivity index (χ3n) is 2.66. The van der Waals surface area contributed by atoms with Gasteiger partial charge in [-0.2, -0.15) is 0 Å². The second-order valence-electron chi connectivity index (χ2n) is 4.33. The SMILES string of the molecule is CCNC(Cc1cccs1)CC(C)COC. The van der Waals surface area contributed by atoms with Crippen molar-refractivity contribution in [2.75, 3.05) is 20.3 Å². The minimum Gasteiger partial charge on any atom is -0.384 e. The summed E-state index contributed by atoms with van der Waals surface area (Å²) in [4.78, 5) is 1.47. The monoisotopic (exact) mass is 241 g/mol. The number of nitrogens with one attached hydrogen (secondary N) is 1. The predicted molar refractivity (Wildman–Crippen MR) is 71.1 cm³/mol. The first-order valence-corrected chi connectivity index (χ1v) is 6.88. The highest BCUT2D eigenvalue weighted by Crippen LogP contribution is 2.15. The van der Waals surface area contributed by atoms with Crippen molar-refractivity contribution in [2.45, 2.75) is 32.7 Å². The maximum atomic E-state index is 5.19. The van der Waals surface area contributed by atoms with E-state index in [9.17, 15) is 0 Å². The highest BCUT2D eigenvalue weighted by Gasteiger charge is 2.13. The number of methoxy groups -OCH3 is 1. The molecule has 0 amide bonds. The molecule has 1 heterocycles. The molecule has 3 heteroatoms. The van der Waals surface area contributed by atoms with Crippen molar-refractivity contribution < 1.29 is 4.74 Å². The maximum Gasteiger partial charge on any atom is 0.0488 e. The third-order valence-corrected chi connectivity index (χ3v) is 3.56. The van der Waals surface area contributed by atoms with Crippen LogP contribution >= 0.6 is 11.3 Å². The van der Waals surface area contributed by atoms with Crippen molar-refractivity contribution in [3.8, 4) is 0 Å². The van der Waals surface area contributed by atoms with Crippen LogP contribution < -0.4 is 5.32 Å². The van der Waals surface area contributed by atoms with E-state index in [0.717, 1.165) is 19.6 Å². The topological polar surface area (TPSA) is 21.3 Å². The molecular weight excluding hydrogens is 218 g/mol. The van der Waals surface area contributed by atoms with E-state index in [0.29, 0.717) is 12.0 Å². The number of thiophene rings is 1. The van der Waals surface area contributed by atoms with Crippen LogP contribution in [0.4, 0.5) is 0 Å². The van der Waals surface area contributed by atoms with Crippen molar-refractivity contribution in [3.63, 3.8) is 0 Å². The highest BCUT2D eigenvalue weighted by molar-refractivity contribution is 7.09. The summed E-state index contributed by atoms with van der Waals surface area (Å²) in [7, 11) is 1.78. The van der Waals surface area contributed by atoms with Crippen molar-refractivity contribution in [3.05, 3.63) is 22.4 Å². The molecule has 2 atom stereocenters. The van der Waals surface area contributed by atoms with Gasteiger partial charge < -0.3 is 10.1 Å². The lowest BCUT2D eigenvalue weighted by molar-refractivity contribution is 0.149. The van der Waals surface area contributed by atoms with Gasteiger partial charge in [-0.05, 0) is 36.8 Å². The highest BCUT2D eigenvalue weighted by atomic mass is 32.1. The quantitative estimate of drug-likeness (QED) is 0.755. The molecule has 1 aromatic heterocycles. The zero-order valence-electron chi connectivity index (χ0n) is 10.5. The van der Waals surface area contributed by atoms with Crippen LogP contribution in [0.5, 0.6) is 0 Å². The van der Waals surface area contributed by atoms with Crippen molar-refractivity contribution in [1.29, 1.82) is 0 Å². The van der Waals surface area contributed by atoms with Crippen LogP contribution in [0.2, 0.25) is 0 Å². The van der Waals surface area contributed by atoms with E-state index in [1.165, 1.54) is 11.3 Å². The molecule has 1 aromatic rings. The van der Waals surface area contributed by atoms with Gasteiger partial charge in [0.1, 0.15) is 0 Å². The molecule has 92 valence electrons. The van der Waals surface area contributed by atoms with Crippen LogP contribution in [0.15, 0.2) is 17.5 Å². The van der Waals surface area contributed by atoms with Crippen LogP contribution in [-0.2, 0) is 11.2 Å². The molecule has 0 radical (unpaired) electrons. The number of hydrogen-bond acceptors (Lipinski definition) is 3. The van der Waals surface area contributed by atoms with Crippen LogP contribution in [0.1, 0.15) is 25.1 Å². The first-order valence-electron chi connectivity index (χ1n) is 6.01. The summed E-state index contributed by atoms with van der Waals surface area (Å²) < 4.78 is 5.19. The van der Waals surface area contributed by atoms with Gasteiger partial charge in [0.2, 0.25) is 0 Å². The third kappa shape index (κ3) is 5.10. The predicted octanol–water partition coefficient (Wildman–Crippen LogP) is 2.94. The molecule has 0 fully saturated rings. The fraction of sp³-hybridized carbons (Fsp3) is 0.692. The van der Waals surface area contributed by atoms with E-state index >= 15 is 0 Å². The van der Waals surface area contributed by atoms with Gasteiger partial charge in [0.15, 0.2) is 0 Å². The summed E-state index contributed by atoms with van der Waals surface area (Å²) in [5.74, 6) is 0.619. The second kappa shape index (κ2) is 7.82. The molecule has 0 spiro atoms. The van der Waals surface area contributed by atoms with Crippen molar-refractivity contribution in [2.24, 2.45) is 5.92 Å². The first-order chi connectivity index (χ1) is 7.76. The largest absolute Gasteiger partial charge is 0.384 e. The summed E-state index contributed by atoms with van der Waals surface area (Å²) >= 11 is 1.85. The number of likely N-dealkylation sites (N-methyl/N-ethyl adjacent to an activating group) is 1. The summed E-state index contributed by atoms with van der Waals surface area (Å²) in [5, 5.41) is 5.71. The molecule has 2 unspecified atom stereocenters. The maximum absolute atomic E-state index is 5.19. The molecule has 0 saturated carbocycles. The van der Waals surface area contributed by atoms with Gasteiger partial charge in [0, 0.05) is 24.6 Å². The smallest absolute Gasteiger partial charge is 0.0488 e. The zero-order valence-corrected chi connectivity index (χ0v) is 11.3. The molecule has 2 nitrogen and oxygen atoms in total. The Bertz CT molecular complexity index is 261. The lowest BCUT2D eigenvalue weighted by Crippen LogP contribution is -2.33. The average molecular weight is 241 g/mol. The molecule has 0 saturated heterocycles. The van der Waals surface area contributed by atoms with Gasteiger partial charge in [0.05, 0.1) is 0 Å². The molecular formula is C13H23NOS. The zero-order chi connectivity index (χ0) is 11.8. The van der Waals surface area contributed by atoms with E-state index in [4.69, 9.17) is 4.74 Å². The first kappa shape index (κ1) is 13.7. The molecule has 0 aliphatic rings. The lowest BCUT2D eigenvalue weighted by atomic mass is 9.99. The van der Waals surface area contributed by atoms with E-state index in [2.05, 4.69) is 36.7 Å². The normalized spacial score (nSPS) is 14.9. The summed E-state index contributed by atoms with van der Waals surface area (Å²) in [6, 6.07) is 4.92. The lowest BCUT2D eigenvalue weighted by Gasteiger charge is -2.21. The molecule has 16 heavy (non-hydrogen) atoms. The average Bonchev–Trinajstić information content (AvgIpc) is 2.71. The molecule has 1 rings (SSSR count). The Balaban J connectivity index is 2.40. The Hall–Kier alpha value is -0.380. The van der Waals surface area contributed by atoms with Crippen LogP contribution in [0.25, 0.3) is 0 Å². The summed E-state index contributed by atoms with van der Waals surface area (Å²) in [6.07, 6.45) is 2.32. The summed E-state index contributed by atoms with van der Waals surface area (Å²) in [5.41, 5.74) is 0. The Morgan fingerprint density at radius 3 is 2.88 bits per heavy atom. The Kier molecular flexibility index (Phi) is 6.69. The Morgan fingerprint density at radius 1 is 1.50 bits per heavy atom. The van der Waals surface area contributed by atoms with Crippen molar-refractivity contribution >= 4 is 11.3 Å². The van der Waals surface area contributed by atoms with Gasteiger partial charge >= 0.3 is 0 Å². The standard InChI is InChI=1S/C13H23NOS/c1-4-14-12(8-11(2)10-15-3)9-13-6-5-7-16-13/h5-7,11-12,14H,4,8-10H2,1-3H3. The fourth-order valence-electron chi connectivity index (χ4n) is 2.04. The Morgan fingerprint density at radius 2 is 2.31 bits per heavy atom. The van der Waals surface area contributed by atoms with E-state index in [1.807, 2.05) is 11.3 Å². The van der Waals surface area contributed by atoms with E-state index < -0.39 is 0 Å². The van der Waals surface area contributed by atoms with Crippen LogP contribution in [-0.4, -0.2) is 26.3 Å². The van der Waals surface area contributed by atoms with Gasteiger partial charge in [-0.3, -0.25) is 0 Å². The summed E-state index contributed by atoms with van der Waals surface area (Å²) in [6.45, 7) is 6.31.